The van der Waals surface area contributed by atoms with Gasteiger partial charge >= 0.3 is 0 Å². The third-order valence-electron chi connectivity index (χ3n) is 3.22. The Labute approximate surface area is 163 Å². The third kappa shape index (κ3) is 6.58. The highest BCUT2D eigenvalue weighted by Crippen LogP contribution is 2.14. The van der Waals surface area contributed by atoms with Crippen LogP contribution in [0.2, 0.25) is 0 Å². The molecule has 0 radical (unpaired) electrons. The molecule has 0 unspecified atom stereocenters. The van der Waals surface area contributed by atoms with Crippen LogP contribution in [0.15, 0.2) is 58.5 Å². The number of nitrogens with one attached hydrogen (secondary N) is 2. The average molecular weight is 478 g/mol. The number of sulfone groups is 1. The molecule has 2 rings (SSSR count). The Balaban J connectivity index is 0.00000312. The molecule has 0 atom stereocenters. The second kappa shape index (κ2) is 10.3. The zero-order valence-electron chi connectivity index (χ0n) is 13.6. The standard InChI is InChI=1S/C16H19FN4O2S.HI/c1-18-16(21-12-13-6-4-5-9-19-13)20-10-11-24(22,23)15-8-3-2-7-14(15)17;/h2-9H,10-12H2,1H3,(H2,18,20,21);1H. The highest BCUT2D eigenvalue weighted by atomic mass is 127. The molecule has 0 saturated carbocycles. The van der Waals surface area contributed by atoms with Gasteiger partial charge in [-0.3, -0.25) is 9.98 Å². The molecule has 0 amide bonds. The highest BCUT2D eigenvalue weighted by molar-refractivity contribution is 14.0. The van der Waals surface area contributed by atoms with Gasteiger partial charge in [0.25, 0.3) is 0 Å². The topological polar surface area (TPSA) is 83.5 Å². The average Bonchev–Trinajstić information content (AvgIpc) is 2.59. The first-order chi connectivity index (χ1) is 11.5. The van der Waals surface area contributed by atoms with Crippen LogP contribution in [-0.4, -0.2) is 38.7 Å². The summed E-state index contributed by atoms with van der Waals surface area (Å²) in [7, 11) is -2.11. The summed E-state index contributed by atoms with van der Waals surface area (Å²) in [5.41, 5.74) is 0.833. The van der Waals surface area contributed by atoms with E-state index in [0.29, 0.717) is 12.5 Å². The summed E-state index contributed by atoms with van der Waals surface area (Å²) < 4.78 is 37.9. The Morgan fingerprint density at radius 2 is 1.88 bits per heavy atom. The molecular weight excluding hydrogens is 458 g/mol. The van der Waals surface area contributed by atoms with Crippen LogP contribution in [0.3, 0.4) is 0 Å². The Morgan fingerprint density at radius 1 is 1.16 bits per heavy atom. The van der Waals surface area contributed by atoms with Crippen molar-refractivity contribution in [2.24, 2.45) is 4.99 Å². The van der Waals surface area contributed by atoms with Gasteiger partial charge in [0.15, 0.2) is 15.8 Å². The van der Waals surface area contributed by atoms with Gasteiger partial charge in [-0.05, 0) is 24.3 Å². The molecule has 0 bridgehead atoms. The van der Waals surface area contributed by atoms with E-state index in [1.807, 2.05) is 18.2 Å². The predicted molar refractivity (Wildman–Crippen MR) is 106 cm³/mol. The molecule has 2 N–H and O–H groups in total. The summed E-state index contributed by atoms with van der Waals surface area (Å²) in [6.45, 7) is 0.569. The van der Waals surface area contributed by atoms with Crippen molar-refractivity contribution in [1.82, 2.24) is 15.6 Å². The van der Waals surface area contributed by atoms with Crippen LogP contribution < -0.4 is 10.6 Å². The first-order valence-corrected chi connectivity index (χ1v) is 9.00. The lowest BCUT2D eigenvalue weighted by Gasteiger charge is -2.12. The second-order valence-electron chi connectivity index (χ2n) is 4.92. The molecule has 0 saturated heterocycles. The monoisotopic (exact) mass is 478 g/mol. The number of pyridine rings is 1. The van der Waals surface area contributed by atoms with Crippen LogP contribution >= 0.6 is 24.0 Å². The van der Waals surface area contributed by atoms with Gasteiger partial charge in [0, 0.05) is 19.8 Å². The molecule has 0 spiro atoms. The zero-order chi connectivity index (χ0) is 17.4. The van der Waals surface area contributed by atoms with Gasteiger partial charge in [0.05, 0.1) is 18.0 Å². The fourth-order valence-corrected chi connectivity index (χ4v) is 3.25. The molecule has 0 aliphatic carbocycles. The Morgan fingerprint density at radius 3 is 2.52 bits per heavy atom. The number of guanidine groups is 1. The van der Waals surface area contributed by atoms with Crippen molar-refractivity contribution in [3.63, 3.8) is 0 Å². The quantitative estimate of drug-likeness (QED) is 0.377. The molecule has 0 aliphatic rings. The summed E-state index contributed by atoms with van der Waals surface area (Å²) in [4.78, 5) is 7.89. The number of nitrogens with zero attached hydrogens (tertiary/aromatic N) is 2. The van der Waals surface area contributed by atoms with Crippen molar-refractivity contribution in [2.45, 2.75) is 11.4 Å². The van der Waals surface area contributed by atoms with E-state index in [0.717, 1.165) is 11.8 Å². The minimum Gasteiger partial charge on any atom is -0.355 e. The fourth-order valence-electron chi connectivity index (χ4n) is 2.01. The minimum atomic E-state index is -3.69. The SMILES string of the molecule is CN=C(NCCS(=O)(=O)c1ccccc1F)NCc1ccccn1.I. The van der Waals surface area contributed by atoms with Crippen molar-refractivity contribution in [3.05, 3.63) is 60.2 Å². The van der Waals surface area contributed by atoms with Gasteiger partial charge in [-0.2, -0.15) is 0 Å². The van der Waals surface area contributed by atoms with E-state index in [2.05, 4.69) is 20.6 Å². The first-order valence-electron chi connectivity index (χ1n) is 7.34. The normalized spacial score (nSPS) is 11.5. The predicted octanol–water partition coefficient (Wildman–Crippen LogP) is 1.98. The minimum absolute atomic E-state index is 0. The van der Waals surface area contributed by atoms with E-state index in [9.17, 15) is 12.8 Å². The molecule has 6 nitrogen and oxygen atoms in total. The molecule has 1 heterocycles. The van der Waals surface area contributed by atoms with Crippen LogP contribution in [0, 0.1) is 5.82 Å². The Bertz CT molecular complexity index is 801. The van der Waals surface area contributed by atoms with Gasteiger partial charge in [-0.15, -0.1) is 24.0 Å². The molecule has 2 aromatic rings. The number of hydrogen-bond donors (Lipinski definition) is 2. The van der Waals surface area contributed by atoms with E-state index in [-0.39, 0.29) is 41.2 Å². The summed E-state index contributed by atoms with van der Waals surface area (Å²) in [5, 5.41) is 5.93. The van der Waals surface area contributed by atoms with Crippen molar-refractivity contribution in [2.75, 3.05) is 19.3 Å². The third-order valence-corrected chi connectivity index (χ3v) is 4.96. The number of aliphatic imine (C=N–C) groups is 1. The smallest absolute Gasteiger partial charge is 0.191 e. The second-order valence-corrected chi connectivity index (χ2v) is 7.00. The first kappa shape index (κ1) is 21.3. The van der Waals surface area contributed by atoms with Crippen molar-refractivity contribution in [1.29, 1.82) is 0 Å². The van der Waals surface area contributed by atoms with Gasteiger partial charge in [0.1, 0.15) is 10.7 Å². The Kier molecular flexibility index (Phi) is 8.76. The van der Waals surface area contributed by atoms with E-state index < -0.39 is 15.7 Å². The van der Waals surface area contributed by atoms with E-state index >= 15 is 0 Å². The fraction of sp³-hybridized carbons (Fsp3) is 0.250. The lowest BCUT2D eigenvalue weighted by Crippen LogP contribution is -2.39. The van der Waals surface area contributed by atoms with Gasteiger partial charge in [-0.1, -0.05) is 18.2 Å². The van der Waals surface area contributed by atoms with E-state index in [1.54, 1.807) is 13.2 Å². The van der Waals surface area contributed by atoms with Crippen LogP contribution in [-0.2, 0) is 16.4 Å². The zero-order valence-corrected chi connectivity index (χ0v) is 16.8. The van der Waals surface area contributed by atoms with Crippen molar-refractivity contribution >= 4 is 39.8 Å². The molecule has 9 heteroatoms. The van der Waals surface area contributed by atoms with Gasteiger partial charge in [0.2, 0.25) is 0 Å². The van der Waals surface area contributed by atoms with E-state index in [1.165, 1.54) is 18.2 Å². The summed E-state index contributed by atoms with van der Waals surface area (Å²) >= 11 is 0. The molecule has 1 aromatic carbocycles. The highest BCUT2D eigenvalue weighted by Gasteiger charge is 2.18. The largest absolute Gasteiger partial charge is 0.355 e. The summed E-state index contributed by atoms with van der Waals surface area (Å²) in [5.74, 6) is -0.530. The molecule has 25 heavy (non-hydrogen) atoms. The lowest BCUT2D eigenvalue weighted by molar-refractivity contribution is 0.566. The summed E-state index contributed by atoms with van der Waals surface area (Å²) in [6, 6.07) is 10.9. The number of halogens is 2. The van der Waals surface area contributed by atoms with Crippen molar-refractivity contribution in [3.8, 4) is 0 Å². The maximum Gasteiger partial charge on any atom is 0.191 e. The number of rotatable bonds is 6. The lowest BCUT2D eigenvalue weighted by atomic mass is 10.3. The molecular formula is C16H20FIN4O2S. The number of hydrogen-bond acceptors (Lipinski definition) is 4. The van der Waals surface area contributed by atoms with Crippen LogP contribution in [0.25, 0.3) is 0 Å². The maximum absolute atomic E-state index is 13.6. The van der Waals surface area contributed by atoms with Crippen LogP contribution in [0.5, 0.6) is 0 Å². The van der Waals surface area contributed by atoms with Crippen LogP contribution in [0.4, 0.5) is 4.39 Å². The van der Waals surface area contributed by atoms with E-state index in [4.69, 9.17) is 0 Å². The molecule has 0 fully saturated rings. The van der Waals surface area contributed by atoms with Crippen LogP contribution in [0.1, 0.15) is 5.69 Å². The number of aromatic nitrogens is 1. The number of benzene rings is 1. The molecule has 136 valence electrons. The maximum atomic E-state index is 13.6. The van der Waals surface area contributed by atoms with Gasteiger partial charge < -0.3 is 10.6 Å². The Hall–Kier alpha value is -1.75. The summed E-state index contributed by atoms with van der Waals surface area (Å²) in [6.07, 6.45) is 1.69. The van der Waals surface area contributed by atoms with Crippen molar-refractivity contribution < 1.29 is 12.8 Å². The molecule has 1 aromatic heterocycles. The van der Waals surface area contributed by atoms with Gasteiger partial charge in [-0.25, -0.2) is 12.8 Å². The molecule has 0 aliphatic heterocycles.